The summed E-state index contributed by atoms with van der Waals surface area (Å²) in [5.74, 6) is 1.41. The van der Waals surface area contributed by atoms with Crippen LogP contribution in [-0.2, 0) is 0 Å². The highest BCUT2D eigenvalue weighted by Gasteiger charge is 2.18. The van der Waals surface area contributed by atoms with Gasteiger partial charge in [-0.15, -0.1) is 0 Å². The number of hydrogen-bond acceptors (Lipinski definition) is 6. The van der Waals surface area contributed by atoms with Gasteiger partial charge in [0, 0.05) is 0 Å². The highest BCUT2D eigenvalue weighted by Crippen LogP contribution is 2.38. The number of aromatic amines is 1. The summed E-state index contributed by atoms with van der Waals surface area (Å²) in [7, 11) is 0. The molecule has 0 amide bonds. The molecular weight excluding hydrogens is 236 g/mol. The standard InChI is InChI=1S/C11H10N4O3/c12-10-13-9(14-11(16)15-10)6-2-1-3-7-8(6)18-5-4-17-7/h1-3H,4-5H2,(H3,12,13,14,15,16). The van der Waals surface area contributed by atoms with Gasteiger partial charge in [0.25, 0.3) is 0 Å². The Labute approximate surface area is 102 Å². The Balaban J connectivity index is 2.19. The smallest absolute Gasteiger partial charge is 0.349 e. The minimum absolute atomic E-state index is 0.0805. The Morgan fingerprint density at radius 1 is 1.22 bits per heavy atom. The molecule has 1 aliphatic heterocycles. The summed E-state index contributed by atoms with van der Waals surface area (Å²) in [4.78, 5) is 21.3. The van der Waals surface area contributed by atoms with Gasteiger partial charge in [-0.25, -0.2) is 4.79 Å². The fraction of sp³-hybridized carbons (Fsp3) is 0.182. The molecule has 92 valence electrons. The van der Waals surface area contributed by atoms with Crippen molar-refractivity contribution in [2.24, 2.45) is 0 Å². The minimum Gasteiger partial charge on any atom is -0.486 e. The Morgan fingerprint density at radius 2 is 2.06 bits per heavy atom. The van der Waals surface area contributed by atoms with Crippen LogP contribution in [0.3, 0.4) is 0 Å². The highest BCUT2D eigenvalue weighted by atomic mass is 16.6. The lowest BCUT2D eigenvalue weighted by Gasteiger charge is -2.20. The number of aromatic nitrogens is 3. The predicted octanol–water partition coefficient (Wildman–Crippen LogP) is 0.185. The number of nitrogens with two attached hydrogens (primary N) is 1. The molecule has 0 fully saturated rings. The molecule has 0 unspecified atom stereocenters. The number of anilines is 1. The van der Waals surface area contributed by atoms with E-state index in [9.17, 15) is 4.79 Å². The molecule has 0 bridgehead atoms. The molecule has 0 atom stereocenters. The number of nitrogens with zero attached hydrogens (tertiary/aromatic N) is 2. The molecule has 0 saturated heterocycles. The minimum atomic E-state index is -0.549. The molecule has 2 heterocycles. The first kappa shape index (κ1) is 10.6. The Bertz CT molecular complexity index is 653. The van der Waals surface area contributed by atoms with Crippen molar-refractivity contribution in [2.75, 3.05) is 18.9 Å². The fourth-order valence-corrected chi connectivity index (χ4v) is 1.79. The van der Waals surface area contributed by atoms with E-state index in [0.29, 0.717) is 36.1 Å². The van der Waals surface area contributed by atoms with E-state index in [1.807, 2.05) is 0 Å². The second-order valence-corrected chi connectivity index (χ2v) is 3.69. The van der Waals surface area contributed by atoms with Gasteiger partial charge in [-0.1, -0.05) is 6.07 Å². The number of benzene rings is 1. The zero-order chi connectivity index (χ0) is 12.5. The van der Waals surface area contributed by atoms with Gasteiger partial charge in [-0.05, 0) is 12.1 Å². The number of nitrogen functional groups attached to an aromatic ring is 1. The van der Waals surface area contributed by atoms with Crippen LogP contribution in [0.5, 0.6) is 11.5 Å². The third-order valence-corrected chi connectivity index (χ3v) is 2.49. The fourth-order valence-electron chi connectivity index (χ4n) is 1.79. The van der Waals surface area contributed by atoms with Crippen LogP contribution in [0.15, 0.2) is 23.0 Å². The van der Waals surface area contributed by atoms with Gasteiger partial charge in [0.05, 0.1) is 5.56 Å². The van der Waals surface area contributed by atoms with Crippen LogP contribution in [-0.4, -0.2) is 28.2 Å². The normalized spacial score (nSPS) is 13.3. The lowest BCUT2D eigenvalue weighted by Crippen LogP contribution is -2.18. The van der Waals surface area contributed by atoms with E-state index in [2.05, 4.69) is 15.0 Å². The Kier molecular flexibility index (Phi) is 2.36. The summed E-state index contributed by atoms with van der Waals surface area (Å²) in [6.45, 7) is 0.952. The van der Waals surface area contributed by atoms with Gasteiger partial charge in [-0.2, -0.15) is 9.97 Å². The van der Waals surface area contributed by atoms with E-state index in [1.54, 1.807) is 18.2 Å². The van der Waals surface area contributed by atoms with Crippen LogP contribution < -0.4 is 20.9 Å². The first-order valence-electron chi connectivity index (χ1n) is 5.37. The zero-order valence-corrected chi connectivity index (χ0v) is 9.34. The molecule has 18 heavy (non-hydrogen) atoms. The zero-order valence-electron chi connectivity index (χ0n) is 9.34. The van der Waals surface area contributed by atoms with Crippen molar-refractivity contribution in [2.45, 2.75) is 0 Å². The molecule has 1 aromatic heterocycles. The second kappa shape index (κ2) is 4.02. The summed E-state index contributed by atoms with van der Waals surface area (Å²) in [6.07, 6.45) is 0. The van der Waals surface area contributed by atoms with Gasteiger partial charge in [-0.3, -0.25) is 4.98 Å². The summed E-state index contributed by atoms with van der Waals surface area (Å²) < 4.78 is 11.0. The molecule has 7 nitrogen and oxygen atoms in total. The largest absolute Gasteiger partial charge is 0.486 e. The number of H-pyrrole nitrogens is 1. The first-order valence-corrected chi connectivity index (χ1v) is 5.37. The molecule has 2 aromatic rings. The summed E-state index contributed by atoms with van der Waals surface area (Å²) in [6, 6.07) is 5.35. The van der Waals surface area contributed by atoms with Crippen LogP contribution in [0.2, 0.25) is 0 Å². The highest BCUT2D eigenvalue weighted by molar-refractivity contribution is 5.69. The van der Waals surface area contributed by atoms with E-state index in [4.69, 9.17) is 15.2 Å². The van der Waals surface area contributed by atoms with E-state index in [0.717, 1.165) is 0 Å². The van der Waals surface area contributed by atoms with Crippen molar-refractivity contribution in [1.29, 1.82) is 0 Å². The number of nitrogens with one attached hydrogen (secondary N) is 1. The molecule has 1 aromatic carbocycles. The molecule has 0 saturated carbocycles. The lowest BCUT2D eigenvalue weighted by molar-refractivity contribution is 0.172. The lowest BCUT2D eigenvalue weighted by atomic mass is 10.1. The van der Waals surface area contributed by atoms with E-state index < -0.39 is 5.69 Å². The first-order chi connectivity index (χ1) is 8.74. The van der Waals surface area contributed by atoms with Gasteiger partial charge < -0.3 is 15.2 Å². The van der Waals surface area contributed by atoms with Gasteiger partial charge >= 0.3 is 5.69 Å². The topological polar surface area (TPSA) is 103 Å². The molecule has 0 radical (unpaired) electrons. The number of para-hydroxylation sites is 1. The molecule has 1 aliphatic rings. The van der Waals surface area contributed by atoms with Crippen LogP contribution >= 0.6 is 0 Å². The van der Waals surface area contributed by atoms with Crippen molar-refractivity contribution in [3.05, 3.63) is 28.7 Å². The summed E-state index contributed by atoms with van der Waals surface area (Å²) >= 11 is 0. The second-order valence-electron chi connectivity index (χ2n) is 3.69. The number of hydrogen-bond donors (Lipinski definition) is 2. The van der Waals surface area contributed by atoms with Crippen molar-refractivity contribution >= 4 is 5.95 Å². The maximum Gasteiger partial charge on any atom is 0.349 e. The number of rotatable bonds is 1. The van der Waals surface area contributed by atoms with Gasteiger partial charge in [0.2, 0.25) is 5.95 Å². The van der Waals surface area contributed by atoms with Crippen LogP contribution in [0.4, 0.5) is 5.95 Å². The van der Waals surface area contributed by atoms with Crippen LogP contribution in [0.1, 0.15) is 0 Å². The third-order valence-electron chi connectivity index (χ3n) is 2.49. The van der Waals surface area contributed by atoms with Crippen molar-refractivity contribution in [1.82, 2.24) is 15.0 Å². The molecule has 0 spiro atoms. The Hall–Kier alpha value is -2.57. The maximum absolute atomic E-state index is 11.3. The number of ether oxygens (including phenoxy) is 2. The summed E-state index contributed by atoms with van der Waals surface area (Å²) in [5.41, 5.74) is 5.53. The van der Waals surface area contributed by atoms with E-state index in [1.165, 1.54) is 0 Å². The van der Waals surface area contributed by atoms with Crippen molar-refractivity contribution in [3.63, 3.8) is 0 Å². The molecular formula is C11H10N4O3. The van der Waals surface area contributed by atoms with Crippen LogP contribution in [0, 0.1) is 0 Å². The van der Waals surface area contributed by atoms with E-state index >= 15 is 0 Å². The molecule has 3 rings (SSSR count). The monoisotopic (exact) mass is 246 g/mol. The predicted molar refractivity (Wildman–Crippen MR) is 63.5 cm³/mol. The molecule has 3 N–H and O–H groups in total. The third kappa shape index (κ3) is 1.75. The molecule has 7 heteroatoms. The molecule has 0 aliphatic carbocycles. The van der Waals surface area contributed by atoms with Crippen LogP contribution in [0.25, 0.3) is 11.4 Å². The van der Waals surface area contributed by atoms with Crippen molar-refractivity contribution < 1.29 is 9.47 Å². The van der Waals surface area contributed by atoms with Crippen molar-refractivity contribution in [3.8, 4) is 22.9 Å². The average Bonchev–Trinajstić information content (AvgIpc) is 2.37. The van der Waals surface area contributed by atoms with E-state index in [-0.39, 0.29) is 5.95 Å². The SMILES string of the molecule is Nc1nc(-c2cccc3c2OCCO3)[nH]c(=O)n1. The number of fused-ring (bicyclic) bond motifs is 1. The maximum atomic E-state index is 11.3. The average molecular weight is 246 g/mol. The Morgan fingerprint density at radius 3 is 2.89 bits per heavy atom. The summed E-state index contributed by atoms with van der Waals surface area (Å²) in [5, 5.41) is 0. The quantitative estimate of drug-likeness (QED) is 0.744. The van der Waals surface area contributed by atoms with Gasteiger partial charge in [0.1, 0.15) is 19.0 Å². The van der Waals surface area contributed by atoms with Gasteiger partial charge in [0.15, 0.2) is 11.5 Å².